The van der Waals surface area contributed by atoms with E-state index in [0.717, 1.165) is 12.1 Å². The minimum atomic E-state index is 0. The summed E-state index contributed by atoms with van der Waals surface area (Å²) in [7, 11) is 0. The van der Waals surface area contributed by atoms with Crippen LogP contribution in [0.1, 0.15) is 51.4 Å². The van der Waals surface area contributed by atoms with Crippen molar-refractivity contribution >= 4 is 37.2 Å². The SMILES string of the molecule is Cl.Cl.Cl.NC1CCC(NC2CCC(N)CC2)CC1. The molecule has 2 rings (SSSR count). The Balaban J connectivity index is 0. The average molecular weight is 321 g/mol. The lowest BCUT2D eigenvalue weighted by Crippen LogP contribution is -2.45. The highest BCUT2D eigenvalue weighted by Crippen LogP contribution is 2.22. The van der Waals surface area contributed by atoms with Crippen molar-refractivity contribution in [3.63, 3.8) is 0 Å². The van der Waals surface area contributed by atoms with Crippen molar-refractivity contribution in [2.75, 3.05) is 0 Å². The van der Waals surface area contributed by atoms with E-state index in [2.05, 4.69) is 5.32 Å². The summed E-state index contributed by atoms with van der Waals surface area (Å²) >= 11 is 0. The fraction of sp³-hybridized carbons (Fsp3) is 1.00. The third-order valence-electron chi connectivity index (χ3n) is 4.02. The van der Waals surface area contributed by atoms with E-state index in [0.29, 0.717) is 12.1 Å². The molecular formula is C12H28Cl3N3. The smallest absolute Gasteiger partial charge is 0.00708 e. The van der Waals surface area contributed by atoms with Gasteiger partial charge >= 0.3 is 0 Å². The summed E-state index contributed by atoms with van der Waals surface area (Å²) in [6, 6.07) is 2.37. The maximum atomic E-state index is 5.90. The largest absolute Gasteiger partial charge is 0.328 e. The van der Waals surface area contributed by atoms with E-state index in [9.17, 15) is 0 Å². The van der Waals surface area contributed by atoms with Crippen LogP contribution in [-0.4, -0.2) is 24.2 Å². The van der Waals surface area contributed by atoms with Gasteiger partial charge in [0.1, 0.15) is 0 Å². The lowest BCUT2D eigenvalue weighted by atomic mass is 9.88. The quantitative estimate of drug-likeness (QED) is 0.732. The minimum Gasteiger partial charge on any atom is -0.328 e. The molecule has 0 atom stereocenters. The van der Waals surface area contributed by atoms with E-state index in [-0.39, 0.29) is 37.2 Å². The molecule has 18 heavy (non-hydrogen) atoms. The third kappa shape index (κ3) is 6.78. The van der Waals surface area contributed by atoms with Gasteiger partial charge in [0, 0.05) is 24.2 Å². The standard InChI is InChI=1S/C12H25N3.3ClH/c13-9-1-5-11(6-2-9)15-12-7-3-10(14)4-8-12;;;/h9-12,15H,1-8,13-14H2;3*1H. The van der Waals surface area contributed by atoms with Gasteiger partial charge in [0.2, 0.25) is 0 Å². The van der Waals surface area contributed by atoms with Crippen molar-refractivity contribution in [1.29, 1.82) is 0 Å². The van der Waals surface area contributed by atoms with Gasteiger partial charge in [-0.05, 0) is 51.4 Å². The molecule has 0 amide bonds. The Labute approximate surface area is 129 Å². The zero-order valence-electron chi connectivity index (χ0n) is 10.8. The number of nitrogens with two attached hydrogens (primary N) is 2. The van der Waals surface area contributed by atoms with Crippen molar-refractivity contribution in [3.05, 3.63) is 0 Å². The molecule has 0 heterocycles. The molecule has 6 heteroatoms. The van der Waals surface area contributed by atoms with Gasteiger partial charge in [0.25, 0.3) is 0 Å². The molecule has 0 bridgehead atoms. The van der Waals surface area contributed by atoms with E-state index >= 15 is 0 Å². The summed E-state index contributed by atoms with van der Waals surface area (Å²) < 4.78 is 0. The van der Waals surface area contributed by atoms with Crippen molar-refractivity contribution in [3.8, 4) is 0 Å². The molecule has 2 saturated carbocycles. The summed E-state index contributed by atoms with van der Waals surface area (Å²) in [5, 5.41) is 3.79. The molecule has 0 aliphatic heterocycles. The van der Waals surface area contributed by atoms with Gasteiger partial charge in [-0.1, -0.05) is 0 Å². The monoisotopic (exact) mass is 319 g/mol. The molecule has 5 N–H and O–H groups in total. The van der Waals surface area contributed by atoms with Crippen LogP contribution in [-0.2, 0) is 0 Å². The fourth-order valence-electron chi connectivity index (χ4n) is 2.91. The first kappa shape index (κ1) is 21.1. The summed E-state index contributed by atoms with van der Waals surface area (Å²) in [6.07, 6.45) is 9.86. The predicted octanol–water partition coefficient (Wildman–Crippen LogP) is 2.38. The first-order valence-corrected chi connectivity index (χ1v) is 6.51. The molecule has 0 radical (unpaired) electrons. The third-order valence-corrected chi connectivity index (χ3v) is 4.02. The van der Waals surface area contributed by atoms with E-state index < -0.39 is 0 Å². The molecule has 0 aromatic rings. The second-order valence-electron chi connectivity index (χ2n) is 5.39. The van der Waals surface area contributed by atoms with Crippen molar-refractivity contribution < 1.29 is 0 Å². The molecule has 2 fully saturated rings. The number of nitrogens with one attached hydrogen (secondary N) is 1. The van der Waals surface area contributed by atoms with Crippen LogP contribution in [0.3, 0.4) is 0 Å². The van der Waals surface area contributed by atoms with Crippen molar-refractivity contribution in [1.82, 2.24) is 5.32 Å². The molecule has 3 nitrogen and oxygen atoms in total. The van der Waals surface area contributed by atoms with E-state index in [1.54, 1.807) is 0 Å². The zero-order valence-corrected chi connectivity index (χ0v) is 13.3. The highest BCUT2D eigenvalue weighted by Gasteiger charge is 2.23. The summed E-state index contributed by atoms with van der Waals surface area (Å²) in [4.78, 5) is 0. The van der Waals surface area contributed by atoms with Gasteiger partial charge < -0.3 is 16.8 Å². The Bertz CT molecular complexity index is 171. The first-order valence-electron chi connectivity index (χ1n) is 6.51. The molecule has 2 aliphatic rings. The highest BCUT2D eigenvalue weighted by molar-refractivity contribution is 5.86. The van der Waals surface area contributed by atoms with Crippen LogP contribution >= 0.6 is 37.2 Å². The van der Waals surface area contributed by atoms with Crippen LogP contribution in [0.2, 0.25) is 0 Å². The highest BCUT2D eigenvalue weighted by atomic mass is 35.5. The zero-order chi connectivity index (χ0) is 10.7. The molecule has 0 unspecified atom stereocenters. The van der Waals surface area contributed by atoms with Crippen LogP contribution < -0.4 is 16.8 Å². The topological polar surface area (TPSA) is 64.1 Å². The van der Waals surface area contributed by atoms with Gasteiger partial charge in [-0.25, -0.2) is 0 Å². The molecule has 0 saturated heterocycles. The maximum absolute atomic E-state index is 5.90. The Kier molecular flexibility index (Phi) is 12.3. The molecular weight excluding hydrogens is 293 g/mol. The summed E-state index contributed by atoms with van der Waals surface area (Å²) in [6.45, 7) is 0. The molecule has 0 aromatic carbocycles. The minimum absolute atomic E-state index is 0. The van der Waals surface area contributed by atoms with Gasteiger partial charge in [0.15, 0.2) is 0 Å². The second kappa shape index (κ2) is 10.5. The van der Waals surface area contributed by atoms with Gasteiger partial charge in [-0.15, -0.1) is 37.2 Å². The molecule has 0 aromatic heterocycles. The van der Waals surface area contributed by atoms with Gasteiger partial charge in [0.05, 0.1) is 0 Å². The van der Waals surface area contributed by atoms with Crippen molar-refractivity contribution in [2.24, 2.45) is 11.5 Å². The number of halogens is 3. The maximum Gasteiger partial charge on any atom is 0.00708 e. The van der Waals surface area contributed by atoms with Crippen LogP contribution in [0.5, 0.6) is 0 Å². The summed E-state index contributed by atoms with van der Waals surface area (Å²) in [5.74, 6) is 0. The van der Waals surface area contributed by atoms with E-state index in [1.165, 1.54) is 51.4 Å². The normalized spacial score (nSPS) is 35.7. The predicted molar refractivity (Wildman–Crippen MR) is 85.3 cm³/mol. The van der Waals surface area contributed by atoms with Gasteiger partial charge in [-0.2, -0.15) is 0 Å². The second-order valence-corrected chi connectivity index (χ2v) is 5.39. The van der Waals surface area contributed by atoms with Crippen LogP contribution in [0.4, 0.5) is 0 Å². The van der Waals surface area contributed by atoms with Crippen molar-refractivity contribution in [2.45, 2.75) is 75.5 Å². The van der Waals surface area contributed by atoms with Crippen LogP contribution in [0.25, 0.3) is 0 Å². The molecule has 112 valence electrons. The Hall–Kier alpha value is 0.750. The summed E-state index contributed by atoms with van der Waals surface area (Å²) in [5.41, 5.74) is 11.8. The number of hydrogen-bond acceptors (Lipinski definition) is 3. The van der Waals surface area contributed by atoms with Crippen LogP contribution in [0.15, 0.2) is 0 Å². The Morgan fingerprint density at radius 2 is 0.833 bits per heavy atom. The molecule has 2 aliphatic carbocycles. The average Bonchev–Trinajstić information content (AvgIpc) is 2.25. The molecule has 0 spiro atoms. The first-order chi connectivity index (χ1) is 7.24. The Morgan fingerprint density at radius 1 is 0.556 bits per heavy atom. The van der Waals surface area contributed by atoms with E-state index in [1.807, 2.05) is 0 Å². The van der Waals surface area contributed by atoms with E-state index in [4.69, 9.17) is 11.5 Å². The van der Waals surface area contributed by atoms with Gasteiger partial charge in [-0.3, -0.25) is 0 Å². The van der Waals surface area contributed by atoms with Crippen LogP contribution in [0, 0.1) is 0 Å². The Morgan fingerprint density at radius 3 is 1.11 bits per heavy atom. The fourth-order valence-corrected chi connectivity index (χ4v) is 2.91. The number of rotatable bonds is 2. The number of hydrogen-bond donors (Lipinski definition) is 3. The lowest BCUT2D eigenvalue weighted by Gasteiger charge is -2.33. The lowest BCUT2D eigenvalue weighted by molar-refractivity contribution is 0.268.